The van der Waals surface area contributed by atoms with Gasteiger partial charge in [-0.05, 0) is 37.6 Å². The van der Waals surface area contributed by atoms with Gasteiger partial charge in [0.1, 0.15) is 11.8 Å². The molecule has 0 saturated heterocycles. The Hall–Kier alpha value is -2.60. The molecule has 0 spiro atoms. The summed E-state index contributed by atoms with van der Waals surface area (Å²) in [4.78, 5) is 16.5. The Kier molecular flexibility index (Phi) is 4.66. The molecule has 1 N–H and O–H groups in total. The highest BCUT2D eigenvalue weighted by atomic mass is 35.5. The van der Waals surface area contributed by atoms with Crippen molar-refractivity contribution in [2.24, 2.45) is 0 Å². The quantitative estimate of drug-likeness (QED) is 0.750. The smallest absolute Gasteiger partial charge is 0.287 e. The number of carbonyl (C=O) groups is 1. The molecule has 0 aliphatic heterocycles. The molecule has 1 atom stereocenters. The number of aryl methyl sites for hydroxylation is 1. The SMILES string of the molecule is CC[C@@H](NC(=O)c1ccc(-c2ccccc2Cl)o1)c1nc(C)no1. The van der Waals surface area contributed by atoms with Crippen LogP contribution in [-0.2, 0) is 0 Å². The van der Waals surface area contributed by atoms with Crippen molar-refractivity contribution in [1.29, 1.82) is 0 Å². The van der Waals surface area contributed by atoms with Gasteiger partial charge in [0.2, 0.25) is 5.89 Å². The van der Waals surface area contributed by atoms with Crippen molar-refractivity contribution < 1.29 is 13.7 Å². The third-order valence-corrected chi connectivity index (χ3v) is 3.85. The number of amides is 1. The van der Waals surface area contributed by atoms with Crippen LogP contribution in [0.25, 0.3) is 11.3 Å². The number of hydrogen-bond donors (Lipinski definition) is 1. The van der Waals surface area contributed by atoms with Crippen LogP contribution in [0.2, 0.25) is 5.02 Å². The number of carbonyl (C=O) groups excluding carboxylic acids is 1. The van der Waals surface area contributed by atoms with Crippen molar-refractivity contribution >= 4 is 17.5 Å². The molecule has 0 radical (unpaired) electrons. The van der Waals surface area contributed by atoms with Crippen LogP contribution >= 0.6 is 11.6 Å². The van der Waals surface area contributed by atoms with Crippen LogP contribution in [0.15, 0.2) is 45.3 Å². The molecule has 0 fully saturated rings. The molecule has 3 rings (SSSR count). The lowest BCUT2D eigenvalue weighted by Gasteiger charge is -2.11. The summed E-state index contributed by atoms with van der Waals surface area (Å²) in [6, 6.07) is 10.2. The summed E-state index contributed by atoms with van der Waals surface area (Å²) in [6.07, 6.45) is 0.617. The van der Waals surface area contributed by atoms with Gasteiger partial charge in [0, 0.05) is 5.56 Å². The lowest BCUT2D eigenvalue weighted by molar-refractivity contribution is 0.0899. The Balaban J connectivity index is 1.77. The van der Waals surface area contributed by atoms with E-state index in [9.17, 15) is 4.79 Å². The normalized spacial score (nSPS) is 12.1. The number of rotatable bonds is 5. The second-order valence-corrected chi connectivity index (χ2v) is 5.67. The van der Waals surface area contributed by atoms with E-state index >= 15 is 0 Å². The lowest BCUT2D eigenvalue weighted by Crippen LogP contribution is -2.28. The third-order valence-electron chi connectivity index (χ3n) is 3.52. The minimum atomic E-state index is -0.368. The maximum atomic E-state index is 12.4. The minimum Gasteiger partial charge on any atom is -0.451 e. The predicted octanol–water partition coefficient (Wildman–Crippen LogP) is 4.17. The van der Waals surface area contributed by atoms with Gasteiger partial charge in [0.25, 0.3) is 5.91 Å². The number of nitrogens with one attached hydrogen (secondary N) is 1. The first-order valence-corrected chi connectivity index (χ1v) is 7.92. The zero-order chi connectivity index (χ0) is 17.1. The Morgan fingerprint density at radius 3 is 2.75 bits per heavy atom. The van der Waals surface area contributed by atoms with Gasteiger partial charge in [0.15, 0.2) is 11.6 Å². The molecule has 0 aliphatic carbocycles. The van der Waals surface area contributed by atoms with Crippen molar-refractivity contribution in [2.45, 2.75) is 26.3 Å². The molecule has 24 heavy (non-hydrogen) atoms. The maximum Gasteiger partial charge on any atom is 0.287 e. The van der Waals surface area contributed by atoms with Crippen molar-refractivity contribution in [3.63, 3.8) is 0 Å². The molecule has 1 amide bonds. The first-order valence-electron chi connectivity index (χ1n) is 7.54. The molecule has 0 aliphatic rings. The largest absolute Gasteiger partial charge is 0.451 e. The van der Waals surface area contributed by atoms with E-state index in [0.717, 1.165) is 5.56 Å². The second kappa shape index (κ2) is 6.88. The number of benzene rings is 1. The van der Waals surface area contributed by atoms with Gasteiger partial charge in [-0.25, -0.2) is 0 Å². The molecule has 7 heteroatoms. The Labute approximate surface area is 143 Å². The van der Waals surface area contributed by atoms with Crippen LogP contribution in [0.1, 0.15) is 41.7 Å². The summed E-state index contributed by atoms with van der Waals surface area (Å²) in [6.45, 7) is 3.64. The van der Waals surface area contributed by atoms with Crippen LogP contribution in [0.4, 0.5) is 0 Å². The first kappa shape index (κ1) is 16.3. The van der Waals surface area contributed by atoms with Gasteiger partial charge < -0.3 is 14.3 Å². The fraction of sp³-hybridized carbons (Fsp3) is 0.235. The van der Waals surface area contributed by atoms with E-state index < -0.39 is 0 Å². The summed E-state index contributed by atoms with van der Waals surface area (Å²) in [7, 11) is 0. The monoisotopic (exact) mass is 345 g/mol. The van der Waals surface area contributed by atoms with Crippen LogP contribution in [0, 0.1) is 6.92 Å². The highest BCUT2D eigenvalue weighted by molar-refractivity contribution is 6.33. The molecule has 2 heterocycles. The Bertz CT molecular complexity index is 856. The van der Waals surface area contributed by atoms with Crippen LogP contribution in [-0.4, -0.2) is 16.0 Å². The van der Waals surface area contributed by atoms with E-state index in [1.165, 1.54) is 0 Å². The van der Waals surface area contributed by atoms with E-state index in [-0.39, 0.29) is 17.7 Å². The molecule has 1 aromatic carbocycles. The topological polar surface area (TPSA) is 81.2 Å². The third kappa shape index (κ3) is 3.33. The summed E-state index contributed by atoms with van der Waals surface area (Å²) in [5, 5.41) is 7.14. The van der Waals surface area contributed by atoms with Crippen LogP contribution < -0.4 is 5.32 Å². The molecular weight excluding hydrogens is 330 g/mol. The number of furan rings is 1. The number of hydrogen-bond acceptors (Lipinski definition) is 5. The van der Waals surface area contributed by atoms with E-state index in [4.69, 9.17) is 20.5 Å². The fourth-order valence-corrected chi connectivity index (χ4v) is 2.52. The Morgan fingerprint density at radius 2 is 2.08 bits per heavy atom. The van der Waals surface area contributed by atoms with E-state index in [1.807, 2.05) is 25.1 Å². The highest BCUT2D eigenvalue weighted by Crippen LogP contribution is 2.29. The second-order valence-electron chi connectivity index (χ2n) is 5.26. The lowest BCUT2D eigenvalue weighted by atomic mass is 10.2. The van der Waals surface area contributed by atoms with E-state index in [2.05, 4.69) is 15.5 Å². The van der Waals surface area contributed by atoms with Crippen LogP contribution in [0.5, 0.6) is 0 Å². The highest BCUT2D eigenvalue weighted by Gasteiger charge is 2.21. The summed E-state index contributed by atoms with van der Waals surface area (Å²) >= 11 is 6.15. The van der Waals surface area contributed by atoms with Gasteiger partial charge in [-0.1, -0.05) is 35.8 Å². The molecule has 124 valence electrons. The minimum absolute atomic E-state index is 0.194. The Morgan fingerprint density at radius 1 is 1.29 bits per heavy atom. The molecular formula is C17H16ClN3O3. The average Bonchev–Trinajstić information content (AvgIpc) is 3.22. The van der Waals surface area contributed by atoms with Crippen molar-refractivity contribution in [3.8, 4) is 11.3 Å². The molecule has 0 bridgehead atoms. The summed E-state index contributed by atoms with van der Waals surface area (Å²) in [5.74, 6) is 1.28. The standard InChI is InChI=1S/C17H16ClN3O3/c1-3-13(17-19-10(2)21-24-17)20-16(22)15-9-8-14(23-15)11-6-4-5-7-12(11)18/h4-9,13H,3H2,1-2H3,(H,20,22)/t13-/m1/s1. The number of nitrogens with zero attached hydrogens (tertiary/aromatic N) is 2. The van der Waals surface area contributed by atoms with Crippen molar-refractivity contribution in [3.05, 3.63) is 58.9 Å². The summed E-state index contributed by atoms with van der Waals surface area (Å²) in [5.41, 5.74) is 0.734. The van der Waals surface area contributed by atoms with Crippen LogP contribution in [0.3, 0.4) is 0 Å². The zero-order valence-corrected chi connectivity index (χ0v) is 14.0. The van der Waals surface area contributed by atoms with Gasteiger partial charge in [-0.2, -0.15) is 4.98 Å². The average molecular weight is 346 g/mol. The fourth-order valence-electron chi connectivity index (χ4n) is 2.29. The summed E-state index contributed by atoms with van der Waals surface area (Å²) < 4.78 is 10.8. The van der Waals surface area contributed by atoms with Gasteiger partial charge in [0.05, 0.1) is 5.02 Å². The molecule has 0 saturated carbocycles. The number of aromatic nitrogens is 2. The molecule has 2 aromatic heterocycles. The van der Waals surface area contributed by atoms with E-state index in [0.29, 0.717) is 28.9 Å². The molecule has 0 unspecified atom stereocenters. The molecule has 3 aromatic rings. The zero-order valence-electron chi connectivity index (χ0n) is 13.2. The first-order chi connectivity index (χ1) is 11.6. The maximum absolute atomic E-state index is 12.4. The predicted molar refractivity (Wildman–Crippen MR) is 88.7 cm³/mol. The van der Waals surface area contributed by atoms with Gasteiger partial charge in [-0.3, -0.25) is 4.79 Å². The van der Waals surface area contributed by atoms with E-state index in [1.54, 1.807) is 25.1 Å². The van der Waals surface area contributed by atoms with Crippen molar-refractivity contribution in [2.75, 3.05) is 0 Å². The van der Waals surface area contributed by atoms with Crippen molar-refractivity contribution in [1.82, 2.24) is 15.5 Å². The van der Waals surface area contributed by atoms with Gasteiger partial charge in [-0.15, -0.1) is 0 Å². The van der Waals surface area contributed by atoms with Gasteiger partial charge >= 0.3 is 0 Å². The number of halogens is 1. The molecule has 6 nitrogen and oxygen atoms in total.